The van der Waals surface area contributed by atoms with Crippen molar-refractivity contribution in [1.82, 2.24) is 24.7 Å². The first-order valence-electron chi connectivity index (χ1n) is 5.65. The van der Waals surface area contributed by atoms with Gasteiger partial charge in [0.2, 0.25) is 5.28 Å². The summed E-state index contributed by atoms with van der Waals surface area (Å²) < 4.78 is 39.3. The van der Waals surface area contributed by atoms with E-state index in [1.807, 2.05) is 0 Å². The van der Waals surface area contributed by atoms with E-state index < -0.39 is 22.8 Å². The molecular weight excluding hydrogens is 331 g/mol. The molecule has 0 bridgehead atoms. The highest BCUT2D eigenvalue weighted by Crippen LogP contribution is 2.32. The van der Waals surface area contributed by atoms with Crippen molar-refractivity contribution in [3.05, 3.63) is 27.5 Å². The molecule has 2 heterocycles. The highest BCUT2D eigenvalue weighted by atomic mass is 35.5. The lowest BCUT2D eigenvalue weighted by Crippen LogP contribution is -2.19. The van der Waals surface area contributed by atoms with E-state index in [1.165, 1.54) is 4.57 Å². The lowest BCUT2D eigenvalue weighted by atomic mass is 10.4. The van der Waals surface area contributed by atoms with Crippen LogP contribution in [0.4, 0.5) is 13.2 Å². The maximum atomic E-state index is 12.7. The Balaban J connectivity index is 2.41. The van der Waals surface area contributed by atoms with Crippen LogP contribution < -0.4 is 5.69 Å². The van der Waals surface area contributed by atoms with Crippen molar-refractivity contribution in [2.75, 3.05) is 0 Å². The number of H-pyrrole nitrogens is 1. The molecule has 0 aliphatic rings. The highest BCUT2D eigenvalue weighted by Gasteiger charge is 2.33. The SMILES string of the molecule is CC(C)n1c(Sc2cc(C(F)(F)F)nc(Cl)n2)n[nH]c1=O. The molecule has 6 nitrogen and oxygen atoms in total. The highest BCUT2D eigenvalue weighted by molar-refractivity contribution is 7.99. The summed E-state index contributed by atoms with van der Waals surface area (Å²) in [5, 5.41) is 5.61. The van der Waals surface area contributed by atoms with Crippen LogP contribution in [0.25, 0.3) is 0 Å². The zero-order chi connectivity index (χ0) is 15.8. The van der Waals surface area contributed by atoms with Gasteiger partial charge in [-0.2, -0.15) is 13.2 Å². The molecule has 0 radical (unpaired) electrons. The number of rotatable bonds is 3. The van der Waals surface area contributed by atoms with Crippen molar-refractivity contribution in [2.24, 2.45) is 0 Å². The van der Waals surface area contributed by atoms with Crippen molar-refractivity contribution in [1.29, 1.82) is 0 Å². The second-order valence-electron chi connectivity index (χ2n) is 4.24. The van der Waals surface area contributed by atoms with E-state index in [1.54, 1.807) is 13.8 Å². The van der Waals surface area contributed by atoms with E-state index >= 15 is 0 Å². The summed E-state index contributed by atoms with van der Waals surface area (Å²) in [6, 6.07) is 0.540. The Hall–Kier alpha value is -1.55. The van der Waals surface area contributed by atoms with Crippen LogP contribution in [0.1, 0.15) is 25.6 Å². The van der Waals surface area contributed by atoms with Gasteiger partial charge >= 0.3 is 11.9 Å². The largest absolute Gasteiger partial charge is 0.433 e. The van der Waals surface area contributed by atoms with Gasteiger partial charge in [-0.3, -0.25) is 4.57 Å². The van der Waals surface area contributed by atoms with Crippen molar-refractivity contribution in [3.63, 3.8) is 0 Å². The molecule has 2 aromatic rings. The summed E-state index contributed by atoms with van der Waals surface area (Å²) >= 11 is 6.29. The molecular formula is C10H9ClF3N5OS. The third-order valence-electron chi connectivity index (χ3n) is 2.35. The number of alkyl halides is 3. The first-order valence-corrected chi connectivity index (χ1v) is 6.84. The predicted octanol–water partition coefficient (Wildman–Crippen LogP) is 2.77. The van der Waals surface area contributed by atoms with Crippen molar-refractivity contribution in [2.45, 2.75) is 36.2 Å². The number of aromatic nitrogens is 5. The van der Waals surface area contributed by atoms with Crippen LogP contribution in [0.3, 0.4) is 0 Å². The molecule has 0 spiro atoms. The number of nitrogens with zero attached hydrogens (tertiary/aromatic N) is 4. The molecule has 0 saturated heterocycles. The molecule has 2 aromatic heterocycles. The fraction of sp³-hybridized carbons (Fsp3) is 0.400. The molecule has 2 rings (SSSR count). The minimum Gasteiger partial charge on any atom is -0.267 e. The van der Waals surface area contributed by atoms with Gasteiger partial charge in [0.25, 0.3) is 0 Å². The van der Waals surface area contributed by atoms with Gasteiger partial charge in [0.05, 0.1) is 0 Å². The molecule has 0 unspecified atom stereocenters. The molecule has 21 heavy (non-hydrogen) atoms. The van der Waals surface area contributed by atoms with Crippen LogP contribution in [0.15, 0.2) is 21.0 Å². The smallest absolute Gasteiger partial charge is 0.267 e. The molecule has 11 heteroatoms. The Morgan fingerprint density at radius 1 is 1.38 bits per heavy atom. The van der Waals surface area contributed by atoms with Gasteiger partial charge in [0, 0.05) is 12.1 Å². The van der Waals surface area contributed by atoms with Gasteiger partial charge in [0.1, 0.15) is 5.03 Å². The summed E-state index contributed by atoms with van der Waals surface area (Å²) in [5.41, 5.74) is -1.61. The van der Waals surface area contributed by atoms with E-state index in [0.717, 1.165) is 17.8 Å². The Morgan fingerprint density at radius 2 is 2.05 bits per heavy atom. The maximum absolute atomic E-state index is 12.7. The molecule has 0 fully saturated rings. The number of aromatic amines is 1. The van der Waals surface area contributed by atoms with Crippen molar-refractivity contribution in [3.8, 4) is 0 Å². The first kappa shape index (κ1) is 15.8. The number of nitrogens with one attached hydrogen (secondary N) is 1. The maximum Gasteiger partial charge on any atom is 0.433 e. The standard InChI is InChI=1S/C10H9ClF3N5OS/c1-4(2)19-8(20)17-18-9(19)21-6-3-5(10(12,13)14)15-7(11)16-6/h3-4H,1-2H3,(H,17,20). The predicted molar refractivity (Wildman–Crippen MR) is 69.4 cm³/mol. The van der Waals surface area contributed by atoms with Crippen LogP contribution >= 0.6 is 23.4 Å². The van der Waals surface area contributed by atoms with Crippen molar-refractivity contribution < 1.29 is 13.2 Å². The van der Waals surface area contributed by atoms with Gasteiger partial charge in [-0.05, 0) is 37.2 Å². The second-order valence-corrected chi connectivity index (χ2v) is 5.56. The quantitative estimate of drug-likeness (QED) is 0.687. The lowest BCUT2D eigenvalue weighted by Gasteiger charge is -2.09. The lowest BCUT2D eigenvalue weighted by molar-refractivity contribution is -0.141. The first-order chi connectivity index (χ1) is 9.68. The van der Waals surface area contributed by atoms with E-state index in [4.69, 9.17) is 11.6 Å². The summed E-state index contributed by atoms with van der Waals surface area (Å²) in [4.78, 5) is 18.4. The summed E-state index contributed by atoms with van der Waals surface area (Å²) in [7, 11) is 0. The number of hydrogen-bond donors (Lipinski definition) is 1. The van der Waals surface area contributed by atoms with Crippen LogP contribution in [0.5, 0.6) is 0 Å². The molecule has 114 valence electrons. The topological polar surface area (TPSA) is 76.5 Å². The number of hydrogen-bond acceptors (Lipinski definition) is 5. The summed E-state index contributed by atoms with van der Waals surface area (Å²) in [6.45, 7) is 3.49. The molecule has 0 aliphatic carbocycles. The van der Waals surface area contributed by atoms with E-state index in [0.29, 0.717) is 0 Å². The molecule has 0 aromatic carbocycles. The Morgan fingerprint density at radius 3 is 2.62 bits per heavy atom. The fourth-order valence-electron chi connectivity index (χ4n) is 1.51. The normalized spacial score (nSPS) is 12.1. The van der Waals surface area contributed by atoms with E-state index in [-0.39, 0.29) is 16.2 Å². The van der Waals surface area contributed by atoms with Crippen LogP contribution in [-0.2, 0) is 6.18 Å². The average molecular weight is 340 g/mol. The minimum atomic E-state index is -4.63. The van der Waals surface area contributed by atoms with Crippen LogP contribution in [-0.4, -0.2) is 24.7 Å². The fourth-order valence-corrected chi connectivity index (χ4v) is 2.71. The molecule has 0 saturated carbocycles. The van der Waals surface area contributed by atoms with Crippen LogP contribution in [0.2, 0.25) is 5.28 Å². The third-order valence-corrected chi connectivity index (χ3v) is 3.41. The van der Waals surface area contributed by atoms with Gasteiger partial charge in [-0.25, -0.2) is 19.9 Å². The molecule has 1 N–H and O–H groups in total. The molecule has 0 amide bonds. The summed E-state index contributed by atoms with van der Waals surface area (Å²) in [6.07, 6.45) is -4.63. The second kappa shape index (κ2) is 5.68. The molecule has 0 aliphatic heterocycles. The zero-order valence-corrected chi connectivity index (χ0v) is 12.3. The third kappa shape index (κ3) is 3.56. The Bertz CT molecular complexity index is 711. The Kier molecular flexibility index (Phi) is 4.28. The van der Waals surface area contributed by atoms with E-state index in [2.05, 4.69) is 20.2 Å². The zero-order valence-electron chi connectivity index (χ0n) is 10.8. The van der Waals surface area contributed by atoms with Gasteiger partial charge in [-0.1, -0.05) is 0 Å². The monoisotopic (exact) mass is 339 g/mol. The number of halogens is 4. The average Bonchev–Trinajstić information content (AvgIpc) is 2.68. The Labute approximate surface area is 125 Å². The van der Waals surface area contributed by atoms with E-state index in [9.17, 15) is 18.0 Å². The summed E-state index contributed by atoms with van der Waals surface area (Å²) in [5.74, 6) is 0. The van der Waals surface area contributed by atoms with Crippen LogP contribution in [0, 0.1) is 0 Å². The minimum absolute atomic E-state index is 0.0526. The van der Waals surface area contributed by atoms with Gasteiger partial charge in [-0.15, -0.1) is 5.10 Å². The van der Waals surface area contributed by atoms with Crippen molar-refractivity contribution >= 4 is 23.4 Å². The van der Waals surface area contributed by atoms with Gasteiger partial charge < -0.3 is 0 Å². The molecule has 0 atom stereocenters. The van der Waals surface area contributed by atoms with Gasteiger partial charge in [0.15, 0.2) is 10.9 Å².